The standard InChI is InChI=1S/C20H23IN2/c1-14-12-20(2,3)23(4)19-9-8-15(10-18(14)19)13-22-17-7-5-6-16(21)11-17/h5-11,13-14H,12H2,1-4H3. The summed E-state index contributed by atoms with van der Waals surface area (Å²) in [6.45, 7) is 6.96. The van der Waals surface area contributed by atoms with E-state index in [-0.39, 0.29) is 5.54 Å². The lowest BCUT2D eigenvalue weighted by molar-refractivity contribution is 0.395. The van der Waals surface area contributed by atoms with E-state index in [9.17, 15) is 0 Å². The lowest BCUT2D eigenvalue weighted by Gasteiger charge is -2.45. The summed E-state index contributed by atoms with van der Waals surface area (Å²) in [5.41, 5.74) is 5.16. The van der Waals surface area contributed by atoms with Gasteiger partial charge in [-0.05, 0) is 90.2 Å². The summed E-state index contributed by atoms with van der Waals surface area (Å²) in [6, 6.07) is 15.0. The first-order valence-electron chi connectivity index (χ1n) is 8.04. The van der Waals surface area contributed by atoms with Crippen LogP contribution in [0.3, 0.4) is 0 Å². The highest BCUT2D eigenvalue weighted by molar-refractivity contribution is 14.1. The summed E-state index contributed by atoms with van der Waals surface area (Å²) < 4.78 is 1.21. The van der Waals surface area contributed by atoms with E-state index in [0.717, 1.165) is 5.69 Å². The van der Waals surface area contributed by atoms with E-state index in [0.29, 0.717) is 5.92 Å². The van der Waals surface area contributed by atoms with Crippen molar-refractivity contribution in [3.8, 4) is 0 Å². The van der Waals surface area contributed by atoms with Crippen molar-refractivity contribution < 1.29 is 0 Å². The fraction of sp³-hybridized carbons (Fsp3) is 0.350. The number of fused-ring (bicyclic) bond motifs is 1. The molecule has 0 N–H and O–H groups in total. The first kappa shape index (κ1) is 16.5. The third kappa shape index (κ3) is 3.44. The van der Waals surface area contributed by atoms with Gasteiger partial charge >= 0.3 is 0 Å². The Morgan fingerprint density at radius 2 is 2.00 bits per heavy atom. The molecule has 0 spiro atoms. The Morgan fingerprint density at radius 1 is 1.22 bits per heavy atom. The maximum absolute atomic E-state index is 4.62. The first-order valence-corrected chi connectivity index (χ1v) is 9.12. The van der Waals surface area contributed by atoms with Crippen molar-refractivity contribution in [1.29, 1.82) is 0 Å². The Balaban J connectivity index is 1.91. The normalized spacial score (nSPS) is 19.9. The molecule has 23 heavy (non-hydrogen) atoms. The lowest BCUT2D eigenvalue weighted by atomic mass is 9.80. The van der Waals surface area contributed by atoms with Gasteiger partial charge in [0.1, 0.15) is 0 Å². The van der Waals surface area contributed by atoms with Gasteiger partial charge in [-0.2, -0.15) is 0 Å². The molecule has 1 atom stereocenters. The molecule has 2 nitrogen and oxygen atoms in total. The maximum atomic E-state index is 4.62. The summed E-state index contributed by atoms with van der Waals surface area (Å²) >= 11 is 2.32. The van der Waals surface area contributed by atoms with Gasteiger partial charge in [0, 0.05) is 28.1 Å². The number of anilines is 1. The van der Waals surface area contributed by atoms with E-state index in [1.807, 2.05) is 18.3 Å². The summed E-state index contributed by atoms with van der Waals surface area (Å²) in [5, 5.41) is 0. The van der Waals surface area contributed by atoms with Crippen molar-refractivity contribution in [2.75, 3.05) is 11.9 Å². The molecule has 1 heterocycles. The highest BCUT2D eigenvalue weighted by Gasteiger charge is 2.33. The van der Waals surface area contributed by atoms with Crippen molar-refractivity contribution in [3.05, 3.63) is 57.2 Å². The van der Waals surface area contributed by atoms with Crippen LogP contribution in [0.4, 0.5) is 11.4 Å². The van der Waals surface area contributed by atoms with E-state index in [2.05, 4.69) is 90.6 Å². The molecule has 3 heteroatoms. The largest absolute Gasteiger partial charge is 0.369 e. The molecule has 0 saturated carbocycles. The van der Waals surface area contributed by atoms with Gasteiger partial charge in [0.05, 0.1) is 5.69 Å². The molecular formula is C20H23IN2. The quantitative estimate of drug-likeness (QED) is 0.447. The van der Waals surface area contributed by atoms with Crippen LogP contribution < -0.4 is 4.90 Å². The average Bonchev–Trinajstić information content (AvgIpc) is 2.50. The van der Waals surface area contributed by atoms with Gasteiger partial charge in [-0.25, -0.2) is 0 Å². The second-order valence-electron chi connectivity index (χ2n) is 7.03. The summed E-state index contributed by atoms with van der Waals surface area (Å²) in [6.07, 6.45) is 3.14. The van der Waals surface area contributed by atoms with Gasteiger partial charge in [-0.15, -0.1) is 0 Å². The molecule has 0 radical (unpaired) electrons. The molecular weight excluding hydrogens is 395 g/mol. The Hall–Kier alpha value is -1.36. The molecule has 0 aromatic heterocycles. The number of nitrogens with zero attached hydrogens (tertiary/aromatic N) is 2. The van der Waals surface area contributed by atoms with Crippen LogP contribution in [0.5, 0.6) is 0 Å². The van der Waals surface area contributed by atoms with Gasteiger partial charge < -0.3 is 4.90 Å². The van der Waals surface area contributed by atoms with Gasteiger partial charge in [-0.1, -0.05) is 19.1 Å². The highest BCUT2D eigenvalue weighted by atomic mass is 127. The SMILES string of the molecule is CC1CC(C)(C)N(C)c2ccc(C=Nc3cccc(I)c3)cc21. The average molecular weight is 418 g/mol. The fourth-order valence-electron chi connectivity index (χ4n) is 3.38. The highest BCUT2D eigenvalue weighted by Crippen LogP contribution is 2.42. The zero-order chi connectivity index (χ0) is 16.6. The summed E-state index contributed by atoms with van der Waals surface area (Å²) in [7, 11) is 2.20. The third-order valence-corrected chi connectivity index (χ3v) is 5.50. The summed E-state index contributed by atoms with van der Waals surface area (Å²) in [4.78, 5) is 7.02. The lowest BCUT2D eigenvalue weighted by Crippen LogP contribution is -2.45. The number of aliphatic imine (C=N–C) groups is 1. The van der Waals surface area contributed by atoms with Crippen molar-refractivity contribution in [2.24, 2.45) is 4.99 Å². The topological polar surface area (TPSA) is 15.6 Å². The fourth-order valence-corrected chi connectivity index (χ4v) is 3.91. The minimum Gasteiger partial charge on any atom is -0.369 e. The van der Waals surface area contributed by atoms with E-state index in [1.165, 1.54) is 26.8 Å². The molecule has 1 aliphatic heterocycles. The van der Waals surface area contributed by atoms with Gasteiger partial charge in [-0.3, -0.25) is 4.99 Å². The molecule has 1 aliphatic rings. The monoisotopic (exact) mass is 418 g/mol. The first-order chi connectivity index (χ1) is 10.9. The molecule has 0 bridgehead atoms. The number of benzene rings is 2. The van der Waals surface area contributed by atoms with Crippen molar-refractivity contribution in [1.82, 2.24) is 0 Å². The predicted molar refractivity (Wildman–Crippen MR) is 108 cm³/mol. The van der Waals surface area contributed by atoms with Crippen LogP contribution in [0, 0.1) is 3.57 Å². The van der Waals surface area contributed by atoms with E-state index in [4.69, 9.17) is 0 Å². The van der Waals surface area contributed by atoms with Crippen molar-refractivity contribution >= 4 is 40.2 Å². The predicted octanol–water partition coefficient (Wildman–Crippen LogP) is 5.76. The van der Waals surface area contributed by atoms with Crippen molar-refractivity contribution in [2.45, 2.75) is 38.6 Å². The molecule has 0 fully saturated rings. The van der Waals surface area contributed by atoms with Crippen LogP contribution in [0.2, 0.25) is 0 Å². The molecule has 120 valence electrons. The Kier molecular flexibility index (Phi) is 4.50. The van der Waals surface area contributed by atoms with Gasteiger partial charge in [0.2, 0.25) is 0 Å². The Labute approximate surface area is 152 Å². The van der Waals surface area contributed by atoms with Crippen molar-refractivity contribution in [3.63, 3.8) is 0 Å². The van der Waals surface area contributed by atoms with Gasteiger partial charge in [0.25, 0.3) is 0 Å². The van der Waals surface area contributed by atoms with Crippen LogP contribution in [0.1, 0.15) is 44.2 Å². The van der Waals surface area contributed by atoms with Crippen LogP contribution in [-0.2, 0) is 0 Å². The number of hydrogen-bond acceptors (Lipinski definition) is 2. The Morgan fingerprint density at radius 3 is 2.74 bits per heavy atom. The van der Waals surface area contributed by atoms with Crippen LogP contribution >= 0.6 is 22.6 Å². The second kappa shape index (κ2) is 6.27. The molecule has 2 aromatic rings. The van der Waals surface area contributed by atoms with E-state index in [1.54, 1.807) is 0 Å². The van der Waals surface area contributed by atoms with Gasteiger partial charge in [0.15, 0.2) is 0 Å². The zero-order valence-electron chi connectivity index (χ0n) is 14.2. The molecule has 0 saturated heterocycles. The number of hydrogen-bond donors (Lipinski definition) is 0. The van der Waals surface area contributed by atoms with Crippen LogP contribution in [0.25, 0.3) is 0 Å². The van der Waals surface area contributed by atoms with E-state index >= 15 is 0 Å². The Bertz CT molecular complexity index is 749. The third-order valence-electron chi connectivity index (χ3n) is 4.83. The van der Waals surface area contributed by atoms with Crippen LogP contribution in [0.15, 0.2) is 47.5 Å². The molecule has 1 unspecified atom stereocenters. The summed E-state index contributed by atoms with van der Waals surface area (Å²) in [5.74, 6) is 0.572. The molecule has 0 aliphatic carbocycles. The molecule has 2 aromatic carbocycles. The van der Waals surface area contributed by atoms with E-state index < -0.39 is 0 Å². The molecule has 0 amide bonds. The second-order valence-corrected chi connectivity index (χ2v) is 8.28. The maximum Gasteiger partial charge on any atom is 0.0640 e. The minimum absolute atomic E-state index is 0.211. The molecule has 3 rings (SSSR count). The number of rotatable bonds is 2. The zero-order valence-corrected chi connectivity index (χ0v) is 16.3. The minimum atomic E-state index is 0.211. The van der Waals surface area contributed by atoms with Crippen LogP contribution in [-0.4, -0.2) is 18.8 Å². The number of halogens is 1. The smallest absolute Gasteiger partial charge is 0.0640 e.